The number of nitrogens with zero attached hydrogens (tertiary/aromatic N) is 2. The van der Waals surface area contributed by atoms with E-state index in [0.717, 1.165) is 26.2 Å². The van der Waals surface area contributed by atoms with Gasteiger partial charge in [-0.1, -0.05) is 13.8 Å². The lowest BCUT2D eigenvalue weighted by atomic mass is 9.70. The highest BCUT2D eigenvalue weighted by Crippen LogP contribution is 2.09. The Balaban J connectivity index is 2.60. The van der Waals surface area contributed by atoms with Crippen LogP contribution < -0.4 is 0 Å². The Morgan fingerprint density at radius 3 is 2.08 bits per heavy atom. The average molecular weight is 164 g/mol. The molecular weight excluding hydrogens is 147 g/mol. The van der Waals surface area contributed by atoms with Gasteiger partial charge < -0.3 is 9.62 Å². The Labute approximate surface area is 76.0 Å². The average Bonchev–Trinajstić information content (AvgIpc) is 2.16. The standard InChI is InChI=1S/C9H17BN2/c1-4-10-11(5-2)8-7-9-12(10)6-3/h1H,5-9H2,2-3H3. The summed E-state index contributed by atoms with van der Waals surface area (Å²) in [5.41, 5.74) is 0. The highest BCUT2D eigenvalue weighted by atomic mass is 15.2. The normalized spacial score (nSPS) is 20.9. The first-order valence-electron chi connectivity index (χ1n) is 4.77. The van der Waals surface area contributed by atoms with Gasteiger partial charge in [0.1, 0.15) is 0 Å². The van der Waals surface area contributed by atoms with Crippen LogP contribution in [0.25, 0.3) is 0 Å². The second-order valence-corrected chi connectivity index (χ2v) is 3.15. The lowest BCUT2D eigenvalue weighted by Gasteiger charge is -2.37. The molecule has 3 heteroatoms. The molecule has 0 radical (unpaired) electrons. The minimum Gasteiger partial charge on any atom is -0.317 e. The molecule has 1 rings (SSSR count). The number of terminal acetylenes is 1. The number of hydrogen-bond donors (Lipinski definition) is 0. The first-order chi connectivity index (χ1) is 5.83. The molecule has 0 atom stereocenters. The number of hydrogen-bond acceptors (Lipinski definition) is 2. The zero-order chi connectivity index (χ0) is 8.97. The molecule has 0 amide bonds. The first-order valence-corrected chi connectivity index (χ1v) is 4.77. The number of rotatable bonds is 2. The van der Waals surface area contributed by atoms with Crippen LogP contribution in [0.1, 0.15) is 20.3 Å². The van der Waals surface area contributed by atoms with Gasteiger partial charge in [-0.25, -0.2) is 0 Å². The second kappa shape index (κ2) is 4.54. The fraction of sp³-hybridized carbons (Fsp3) is 0.778. The van der Waals surface area contributed by atoms with E-state index in [9.17, 15) is 0 Å². The summed E-state index contributed by atoms with van der Waals surface area (Å²) in [7, 11) is 0. The summed E-state index contributed by atoms with van der Waals surface area (Å²) >= 11 is 0. The maximum absolute atomic E-state index is 5.50. The van der Waals surface area contributed by atoms with E-state index in [1.54, 1.807) is 0 Å². The Morgan fingerprint density at radius 2 is 1.75 bits per heavy atom. The van der Waals surface area contributed by atoms with Gasteiger partial charge in [0.05, 0.1) is 0 Å². The maximum atomic E-state index is 5.50. The monoisotopic (exact) mass is 164 g/mol. The third kappa shape index (κ3) is 1.82. The fourth-order valence-electron chi connectivity index (χ4n) is 1.83. The summed E-state index contributed by atoms with van der Waals surface area (Å²) in [5, 5.41) is 0. The predicted octanol–water partition coefficient (Wildman–Crippen LogP) is 0.694. The van der Waals surface area contributed by atoms with Crippen molar-refractivity contribution >= 4 is 6.98 Å². The topological polar surface area (TPSA) is 6.48 Å². The zero-order valence-electron chi connectivity index (χ0n) is 8.08. The minimum absolute atomic E-state index is 0.244. The minimum atomic E-state index is 0.244. The van der Waals surface area contributed by atoms with Crippen molar-refractivity contribution < 1.29 is 0 Å². The van der Waals surface area contributed by atoms with Gasteiger partial charge in [0, 0.05) is 0 Å². The van der Waals surface area contributed by atoms with Gasteiger partial charge in [0.15, 0.2) is 0 Å². The van der Waals surface area contributed by atoms with Crippen molar-refractivity contribution in [1.82, 2.24) is 9.62 Å². The van der Waals surface area contributed by atoms with Crippen LogP contribution in [0.2, 0.25) is 0 Å². The van der Waals surface area contributed by atoms with Gasteiger partial charge in [-0.15, -0.1) is 12.2 Å². The smallest absolute Gasteiger partial charge is 0.317 e. The van der Waals surface area contributed by atoms with E-state index in [4.69, 9.17) is 6.42 Å². The Kier molecular flexibility index (Phi) is 3.64. The molecule has 0 saturated carbocycles. The van der Waals surface area contributed by atoms with Crippen LogP contribution in [0.15, 0.2) is 0 Å². The summed E-state index contributed by atoms with van der Waals surface area (Å²) in [4.78, 5) is 4.71. The molecule has 1 fully saturated rings. The molecule has 0 aromatic rings. The molecule has 0 aliphatic carbocycles. The molecule has 2 nitrogen and oxygen atoms in total. The molecule has 12 heavy (non-hydrogen) atoms. The van der Waals surface area contributed by atoms with E-state index in [1.165, 1.54) is 6.42 Å². The SMILES string of the molecule is C#CB1N(CC)CCCN1CC. The molecule has 66 valence electrons. The van der Waals surface area contributed by atoms with E-state index in [-0.39, 0.29) is 6.98 Å². The van der Waals surface area contributed by atoms with E-state index in [0.29, 0.717) is 0 Å². The molecule has 1 saturated heterocycles. The molecule has 1 heterocycles. The lowest BCUT2D eigenvalue weighted by molar-refractivity contribution is 0.303. The molecular formula is C9H17BN2. The van der Waals surface area contributed by atoms with Crippen LogP contribution in [-0.4, -0.2) is 42.8 Å². The third-order valence-corrected chi connectivity index (χ3v) is 2.54. The van der Waals surface area contributed by atoms with Crippen molar-refractivity contribution in [2.75, 3.05) is 26.2 Å². The van der Waals surface area contributed by atoms with Crippen LogP contribution in [0.3, 0.4) is 0 Å². The van der Waals surface area contributed by atoms with Gasteiger partial charge in [-0.3, -0.25) is 0 Å². The molecule has 1 aliphatic heterocycles. The van der Waals surface area contributed by atoms with Gasteiger partial charge in [0.25, 0.3) is 0 Å². The third-order valence-electron chi connectivity index (χ3n) is 2.54. The zero-order valence-corrected chi connectivity index (χ0v) is 8.08. The highest BCUT2D eigenvalue weighted by Gasteiger charge is 2.30. The summed E-state index contributed by atoms with van der Waals surface area (Å²) in [6.07, 6.45) is 6.75. The van der Waals surface area contributed by atoms with Crippen molar-refractivity contribution in [1.29, 1.82) is 0 Å². The van der Waals surface area contributed by atoms with Crippen LogP contribution in [0.4, 0.5) is 0 Å². The molecule has 0 aromatic heterocycles. The van der Waals surface area contributed by atoms with Crippen LogP contribution in [0.5, 0.6) is 0 Å². The van der Waals surface area contributed by atoms with Gasteiger partial charge in [-0.2, -0.15) is 0 Å². The van der Waals surface area contributed by atoms with Crippen molar-refractivity contribution in [3.05, 3.63) is 0 Å². The summed E-state index contributed by atoms with van der Waals surface area (Å²) in [6, 6.07) is 0. The van der Waals surface area contributed by atoms with Gasteiger partial charge in [-0.05, 0) is 32.6 Å². The molecule has 0 aromatic carbocycles. The Bertz CT molecular complexity index is 164. The summed E-state index contributed by atoms with van der Waals surface area (Å²) < 4.78 is 0. The maximum Gasteiger partial charge on any atom is 0.399 e. The quantitative estimate of drug-likeness (QED) is 0.437. The summed E-state index contributed by atoms with van der Waals surface area (Å²) in [5.74, 6) is 2.86. The lowest BCUT2D eigenvalue weighted by Crippen LogP contribution is -2.56. The van der Waals surface area contributed by atoms with Crippen LogP contribution >= 0.6 is 0 Å². The second-order valence-electron chi connectivity index (χ2n) is 3.15. The molecule has 0 spiro atoms. The van der Waals surface area contributed by atoms with Gasteiger partial charge >= 0.3 is 6.98 Å². The molecule has 0 N–H and O–H groups in total. The Morgan fingerprint density at radius 1 is 1.25 bits per heavy atom. The largest absolute Gasteiger partial charge is 0.399 e. The van der Waals surface area contributed by atoms with Crippen molar-refractivity contribution in [2.24, 2.45) is 0 Å². The molecule has 0 bridgehead atoms. The van der Waals surface area contributed by atoms with E-state index >= 15 is 0 Å². The fourth-order valence-corrected chi connectivity index (χ4v) is 1.83. The van der Waals surface area contributed by atoms with Crippen LogP contribution in [-0.2, 0) is 0 Å². The van der Waals surface area contributed by atoms with E-state index in [1.807, 2.05) is 0 Å². The predicted molar refractivity (Wildman–Crippen MR) is 53.7 cm³/mol. The van der Waals surface area contributed by atoms with Crippen molar-refractivity contribution in [3.8, 4) is 12.2 Å². The van der Waals surface area contributed by atoms with Crippen molar-refractivity contribution in [3.63, 3.8) is 0 Å². The Hall–Kier alpha value is -0.455. The summed E-state index contributed by atoms with van der Waals surface area (Å²) in [6.45, 7) is 9.02. The molecule has 0 unspecified atom stereocenters. The highest BCUT2D eigenvalue weighted by molar-refractivity contribution is 6.62. The van der Waals surface area contributed by atoms with Crippen molar-refractivity contribution in [2.45, 2.75) is 20.3 Å². The first kappa shape index (κ1) is 9.63. The van der Waals surface area contributed by atoms with E-state index in [2.05, 4.69) is 29.3 Å². The van der Waals surface area contributed by atoms with Gasteiger partial charge in [0.2, 0.25) is 0 Å². The van der Waals surface area contributed by atoms with Crippen LogP contribution in [0, 0.1) is 12.2 Å². The van der Waals surface area contributed by atoms with E-state index < -0.39 is 0 Å². The molecule has 1 aliphatic rings.